The van der Waals surface area contributed by atoms with Crippen molar-refractivity contribution < 1.29 is 18.7 Å². The van der Waals surface area contributed by atoms with Crippen LogP contribution in [0.25, 0.3) is 6.08 Å². The maximum Gasteiger partial charge on any atom is 0.331 e. The van der Waals surface area contributed by atoms with Crippen LogP contribution in [0.4, 0.5) is 4.39 Å². The molecule has 0 aromatic heterocycles. The van der Waals surface area contributed by atoms with Gasteiger partial charge in [0.25, 0.3) is 0 Å². The maximum absolute atomic E-state index is 13.0. The smallest absolute Gasteiger partial charge is 0.331 e. The van der Waals surface area contributed by atoms with Gasteiger partial charge in [0, 0.05) is 11.6 Å². The molecule has 0 fully saturated rings. The lowest BCUT2D eigenvalue weighted by Gasteiger charge is -2.10. The Morgan fingerprint density at radius 3 is 2.64 bits per heavy atom. The molecule has 130 valence electrons. The third-order valence-corrected chi connectivity index (χ3v) is 3.76. The van der Waals surface area contributed by atoms with E-state index in [0.717, 1.165) is 0 Å². The fourth-order valence-corrected chi connectivity index (χ4v) is 2.35. The number of rotatable bonds is 7. The van der Waals surface area contributed by atoms with Crippen molar-refractivity contribution in [3.8, 4) is 5.75 Å². The van der Waals surface area contributed by atoms with Gasteiger partial charge < -0.3 is 9.47 Å². The van der Waals surface area contributed by atoms with Gasteiger partial charge in [-0.2, -0.15) is 0 Å². The van der Waals surface area contributed by atoms with Gasteiger partial charge >= 0.3 is 5.97 Å². The molecule has 6 heteroatoms. The zero-order chi connectivity index (χ0) is 18.2. The van der Waals surface area contributed by atoms with Gasteiger partial charge in [0.2, 0.25) is 0 Å². The van der Waals surface area contributed by atoms with Crippen molar-refractivity contribution in [3.05, 3.63) is 82.1 Å². The first-order chi connectivity index (χ1) is 12.0. The van der Waals surface area contributed by atoms with Gasteiger partial charge in [-0.25, -0.2) is 9.18 Å². The molecule has 0 amide bonds. The lowest BCUT2D eigenvalue weighted by molar-refractivity contribution is -0.136. The first-order valence-corrected chi connectivity index (χ1v) is 8.07. The molecule has 0 radical (unpaired) electrons. The summed E-state index contributed by atoms with van der Waals surface area (Å²) in [4.78, 5) is 11.4. The number of hydrogen-bond donors (Lipinski definition) is 0. The zero-order valence-electron chi connectivity index (χ0n) is 13.2. The largest absolute Gasteiger partial charge is 0.487 e. The van der Waals surface area contributed by atoms with Gasteiger partial charge in [0.05, 0.1) is 10.0 Å². The van der Waals surface area contributed by atoms with Crippen molar-refractivity contribution in [2.75, 3.05) is 6.61 Å². The highest BCUT2D eigenvalue weighted by Gasteiger charge is 2.06. The summed E-state index contributed by atoms with van der Waals surface area (Å²) in [7, 11) is 0. The Labute approximate surface area is 155 Å². The monoisotopic (exact) mass is 380 g/mol. The van der Waals surface area contributed by atoms with E-state index in [0.29, 0.717) is 21.9 Å². The van der Waals surface area contributed by atoms with Gasteiger partial charge in [-0.05, 0) is 35.9 Å². The summed E-state index contributed by atoms with van der Waals surface area (Å²) in [5.74, 6) is -0.426. The second-order valence-corrected chi connectivity index (χ2v) is 5.78. The van der Waals surface area contributed by atoms with Crippen molar-refractivity contribution in [1.82, 2.24) is 0 Å². The number of hydrogen-bond acceptors (Lipinski definition) is 3. The Morgan fingerprint density at radius 1 is 1.16 bits per heavy atom. The van der Waals surface area contributed by atoms with E-state index in [9.17, 15) is 9.18 Å². The summed E-state index contributed by atoms with van der Waals surface area (Å²) >= 11 is 12.1. The van der Waals surface area contributed by atoms with E-state index in [1.54, 1.807) is 30.3 Å². The standard InChI is InChI=1S/C19H15Cl2FO3/c1-2-9-24-19(23)8-4-13-3-7-18(17(21)10-13)25-12-14-5-6-15(22)11-16(14)20/h2-8,10-11H,1,9,12H2/b8-4+. The summed E-state index contributed by atoms with van der Waals surface area (Å²) in [6.45, 7) is 3.77. The van der Waals surface area contributed by atoms with E-state index in [4.69, 9.17) is 32.7 Å². The molecule has 0 unspecified atom stereocenters. The minimum Gasteiger partial charge on any atom is -0.487 e. The average molecular weight is 381 g/mol. The van der Waals surface area contributed by atoms with E-state index in [1.807, 2.05) is 0 Å². The van der Waals surface area contributed by atoms with Crippen LogP contribution in [-0.4, -0.2) is 12.6 Å². The van der Waals surface area contributed by atoms with Crippen LogP contribution in [0.2, 0.25) is 10.0 Å². The number of carbonyl (C=O) groups is 1. The summed E-state index contributed by atoms with van der Waals surface area (Å²) in [6, 6.07) is 9.16. The summed E-state index contributed by atoms with van der Waals surface area (Å²) in [6.07, 6.45) is 4.37. The van der Waals surface area contributed by atoms with Gasteiger partial charge in [0.1, 0.15) is 24.8 Å². The van der Waals surface area contributed by atoms with Crippen LogP contribution in [0.15, 0.2) is 55.1 Å². The average Bonchev–Trinajstić information content (AvgIpc) is 2.58. The van der Waals surface area contributed by atoms with Crippen molar-refractivity contribution in [2.24, 2.45) is 0 Å². The molecular weight excluding hydrogens is 366 g/mol. The Balaban J connectivity index is 2.00. The third-order valence-electron chi connectivity index (χ3n) is 3.11. The zero-order valence-corrected chi connectivity index (χ0v) is 14.7. The number of carbonyl (C=O) groups excluding carboxylic acids is 1. The number of ether oxygens (including phenoxy) is 2. The highest BCUT2D eigenvalue weighted by molar-refractivity contribution is 6.32. The van der Waals surface area contributed by atoms with Crippen LogP contribution in [-0.2, 0) is 16.1 Å². The lowest BCUT2D eigenvalue weighted by atomic mass is 10.2. The Kier molecular flexibility index (Phi) is 7.04. The molecule has 0 saturated heterocycles. The van der Waals surface area contributed by atoms with Crippen LogP contribution in [0, 0.1) is 5.82 Å². The Morgan fingerprint density at radius 2 is 1.96 bits per heavy atom. The topological polar surface area (TPSA) is 35.5 Å². The molecule has 0 N–H and O–H groups in total. The first-order valence-electron chi connectivity index (χ1n) is 7.31. The van der Waals surface area contributed by atoms with Crippen molar-refractivity contribution >= 4 is 35.2 Å². The molecular formula is C19H15Cl2FO3. The van der Waals surface area contributed by atoms with Crippen LogP contribution in [0.3, 0.4) is 0 Å². The van der Waals surface area contributed by atoms with Crippen molar-refractivity contribution in [3.63, 3.8) is 0 Å². The van der Waals surface area contributed by atoms with Gasteiger partial charge in [-0.15, -0.1) is 0 Å². The molecule has 0 bridgehead atoms. The van der Waals surface area contributed by atoms with Crippen LogP contribution in [0.1, 0.15) is 11.1 Å². The highest BCUT2D eigenvalue weighted by atomic mass is 35.5. The van der Waals surface area contributed by atoms with Gasteiger partial charge in [-0.3, -0.25) is 0 Å². The number of esters is 1. The summed E-state index contributed by atoms with van der Waals surface area (Å²) in [5, 5.41) is 0.661. The van der Waals surface area contributed by atoms with E-state index in [1.165, 1.54) is 24.3 Å². The molecule has 0 aliphatic heterocycles. The van der Waals surface area contributed by atoms with Gasteiger partial charge in [-0.1, -0.05) is 48.0 Å². The summed E-state index contributed by atoms with van der Waals surface area (Å²) in [5.41, 5.74) is 1.36. The number of benzene rings is 2. The minimum atomic E-state index is -0.470. The van der Waals surface area contributed by atoms with Gasteiger partial charge in [0.15, 0.2) is 0 Å². The molecule has 0 spiro atoms. The molecule has 0 aliphatic rings. The molecule has 25 heavy (non-hydrogen) atoms. The van der Waals surface area contributed by atoms with Crippen molar-refractivity contribution in [1.29, 1.82) is 0 Å². The molecule has 2 aromatic rings. The Bertz CT molecular complexity index is 803. The second-order valence-electron chi connectivity index (χ2n) is 4.97. The van der Waals surface area contributed by atoms with E-state index in [2.05, 4.69) is 6.58 Å². The Hall–Kier alpha value is -2.30. The fourth-order valence-electron chi connectivity index (χ4n) is 1.89. The van der Waals surface area contributed by atoms with Crippen LogP contribution < -0.4 is 4.74 Å². The molecule has 3 nitrogen and oxygen atoms in total. The molecule has 0 atom stereocenters. The van der Waals surface area contributed by atoms with E-state index >= 15 is 0 Å². The van der Waals surface area contributed by atoms with E-state index in [-0.39, 0.29) is 18.2 Å². The van der Waals surface area contributed by atoms with Crippen LogP contribution >= 0.6 is 23.2 Å². The SMILES string of the molecule is C=CCOC(=O)/C=C/c1ccc(OCc2ccc(F)cc2Cl)c(Cl)c1. The van der Waals surface area contributed by atoms with Crippen LogP contribution in [0.5, 0.6) is 5.75 Å². The molecule has 2 rings (SSSR count). The fraction of sp³-hybridized carbons (Fsp3) is 0.105. The summed E-state index contributed by atoms with van der Waals surface area (Å²) < 4.78 is 23.5. The van der Waals surface area contributed by atoms with Crippen molar-refractivity contribution in [2.45, 2.75) is 6.61 Å². The predicted molar refractivity (Wildman–Crippen MR) is 97.4 cm³/mol. The first kappa shape index (κ1) is 19.0. The molecule has 0 heterocycles. The normalized spacial score (nSPS) is 10.7. The maximum atomic E-state index is 13.0. The quantitative estimate of drug-likeness (QED) is 0.363. The number of halogens is 3. The third kappa shape index (κ3) is 5.93. The minimum absolute atomic E-state index is 0.155. The lowest BCUT2D eigenvalue weighted by Crippen LogP contribution is -1.99. The predicted octanol–water partition coefficient (Wildman–Crippen LogP) is 5.45. The van der Waals surface area contributed by atoms with E-state index < -0.39 is 11.8 Å². The molecule has 2 aromatic carbocycles. The molecule has 0 aliphatic carbocycles. The molecule has 0 saturated carbocycles. The highest BCUT2D eigenvalue weighted by Crippen LogP contribution is 2.28. The second kappa shape index (κ2) is 9.25.